The van der Waals surface area contributed by atoms with Gasteiger partial charge >= 0.3 is 0 Å². The van der Waals surface area contributed by atoms with Crippen LogP contribution in [0.25, 0.3) is 0 Å². The van der Waals surface area contributed by atoms with Crippen LogP contribution in [-0.2, 0) is 9.59 Å². The van der Waals surface area contributed by atoms with Crippen molar-refractivity contribution in [3.8, 4) is 0 Å². The maximum absolute atomic E-state index is 12.7. The average molecular weight is 474 g/mol. The lowest BCUT2D eigenvalue weighted by atomic mass is 9.85. The van der Waals surface area contributed by atoms with Gasteiger partial charge in [0.25, 0.3) is 11.8 Å². The molecule has 0 bridgehead atoms. The third-order valence-electron chi connectivity index (χ3n) is 5.86. The molecule has 1 saturated heterocycles. The first-order valence-corrected chi connectivity index (χ1v) is 13.4. The van der Waals surface area contributed by atoms with Crippen molar-refractivity contribution in [2.75, 3.05) is 6.54 Å². The van der Waals surface area contributed by atoms with Crippen LogP contribution in [0, 0.1) is 5.92 Å². The van der Waals surface area contributed by atoms with Crippen molar-refractivity contribution in [2.45, 2.75) is 106 Å². The lowest BCUT2D eigenvalue weighted by Crippen LogP contribution is -2.45. The number of amides is 2. The zero-order valence-corrected chi connectivity index (χ0v) is 22.4. The van der Waals surface area contributed by atoms with Gasteiger partial charge < -0.3 is 5.11 Å². The summed E-state index contributed by atoms with van der Waals surface area (Å²) in [5, 5.41) is 10.4. The fourth-order valence-corrected chi connectivity index (χ4v) is 4.24. The van der Waals surface area contributed by atoms with Crippen LogP contribution in [0.4, 0.5) is 0 Å². The molecule has 1 N–H and O–H groups in total. The molecule has 2 aliphatic rings. The Hall–Kier alpha value is -2.43. The second kappa shape index (κ2) is 18.9. The van der Waals surface area contributed by atoms with Crippen molar-refractivity contribution in [1.82, 2.24) is 4.90 Å². The van der Waals surface area contributed by atoms with Gasteiger partial charge in [-0.1, -0.05) is 105 Å². The molecule has 1 aliphatic heterocycles. The first-order valence-electron chi connectivity index (χ1n) is 13.4. The smallest absolute Gasteiger partial charge is 0.267 e. The quantitative estimate of drug-likeness (QED) is 0.151. The molecule has 1 saturated carbocycles. The number of aliphatic hydroxyl groups excluding tert-OH is 1. The van der Waals surface area contributed by atoms with Crippen LogP contribution in [0.2, 0.25) is 0 Å². The Kier molecular flexibility index (Phi) is 17.6. The Bertz CT molecular complexity index is 749. The SMILES string of the molecule is CC.CC.CC.O=C1CCN(C(=O)c2ccccc2)C(=O)/C1=C(\O)CCCCC1CCCCC1. The molecule has 1 aliphatic carbocycles. The van der Waals surface area contributed by atoms with Gasteiger partial charge in [-0.2, -0.15) is 0 Å². The van der Waals surface area contributed by atoms with Gasteiger partial charge in [0.1, 0.15) is 11.3 Å². The number of benzene rings is 1. The summed E-state index contributed by atoms with van der Waals surface area (Å²) in [5.41, 5.74) is 0.199. The molecule has 0 atom stereocenters. The summed E-state index contributed by atoms with van der Waals surface area (Å²) in [7, 11) is 0. The van der Waals surface area contributed by atoms with Crippen molar-refractivity contribution >= 4 is 17.6 Å². The van der Waals surface area contributed by atoms with Crippen LogP contribution < -0.4 is 0 Å². The van der Waals surface area contributed by atoms with Gasteiger partial charge in [0.15, 0.2) is 5.78 Å². The number of likely N-dealkylation sites (tertiary alicyclic amines) is 1. The molecule has 1 heterocycles. The maximum Gasteiger partial charge on any atom is 0.267 e. The van der Waals surface area contributed by atoms with Gasteiger partial charge in [0, 0.05) is 24.9 Å². The fraction of sp³-hybridized carbons (Fsp3) is 0.621. The number of carbonyl (C=O) groups is 3. The largest absolute Gasteiger partial charge is 0.511 e. The normalized spacial score (nSPS) is 17.3. The number of ketones is 1. The molecule has 3 rings (SSSR count). The van der Waals surface area contributed by atoms with Gasteiger partial charge in [0.2, 0.25) is 0 Å². The van der Waals surface area contributed by atoms with Crippen molar-refractivity contribution in [3.05, 3.63) is 47.2 Å². The van der Waals surface area contributed by atoms with E-state index < -0.39 is 11.8 Å². The number of Topliss-reactive ketones (excluding diaryl/α,β-unsaturated/α-hetero) is 1. The molecule has 0 unspecified atom stereocenters. The van der Waals surface area contributed by atoms with E-state index in [1.54, 1.807) is 30.3 Å². The first kappa shape index (κ1) is 31.6. The molecule has 34 heavy (non-hydrogen) atoms. The highest BCUT2D eigenvalue weighted by Crippen LogP contribution is 2.28. The van der Waals surface area contributed by atoms with E-state index in [9.17, 15) is 19.5 Å². The van der Waals surface area contributed by atoms with Crippen molar-refractivity contribution in [2.24, 2.45) is 5.92 Å². The van der Waals surface area contributed by atoms with Crippen LogP contribution in [0.15, 0.2) is 41.7 Å². The maximum atomic E-state index is 12.7. The summed E-state index contributed by atoms with van der Waals surface area (Å²) in [6, 6.07) is 8.53. The third-order valence-corrected chi connectivity index (χ3v) is 5.86. The first-order chi connectivity index (χ1) is 16.6. The van der Waals surface area contributed by atoms with Crippen LogP contribution in [0.5, 0.6) is 0 Å². The number of aliphatic hydroxyl groups is 1. The molecular weight excluding hydrogens is 426 g/mol. The van der Waals surface area contributed by atoms with Gasteiger partial charge in [0.05, 0.1) is 0 Å². The molecule has 0 radical (unpaired) electrons. The van der Waals surface area contributed by atoms with E-state index in [0.29, 0.717) is 12.0 Å². The number of unbranched alkanes of at least 4 members (excludes halogenated alkanes) is 1. The van der Waals surface area contributed by atoms with Crippen molar-refractivity contribution in [1.29, 1.82) is 0 Å². The highest BCUT2D eigenvalue weighted by atomic mass is 16.3. The molecule has 1 aromatic rings. The Morgan fingerprint density at radius 2 is 1.50 bits per heavy atom. The number of rotatable bonds is 6. The minimum atomic E-state index is -0.671. The van der Waals surface area contributed by atoms with Crippen LogP contribution in [0.3, 0.4) is 0 Å². The standard InChI is InChI=1S/C23H29NO4.3C2H6/c25-19(14-8-7-11-17-9-3-1-4-10-17)21-20(26)15-16-24(23(21)28)22(27)18-12-5-2-6-13-18;3*1-2/h2,5-6,12-13,17,25H,1,3-4,7-11,14-16H2;3*1-2H3/b21-19-;;;. The Labute approximate surface area is 207 Å². The van der Waals surface area contributed by atoms with E-state index in [-0.39, 0.29) is 30.1 Å². The van der Waals surface area contributed by atoms with Gasteiger partial charge in [-0.15, -0.1) is 0 Å². The Morgan fingerprint density at radius 1 is 0.912 bits per heavy atom. The highest BCUT2D eigenvalue weighted by Gasteiger charge is 2.36. The summed E-state index contributed by atoms with van der Waals surface area (Å²) in [6.07, 6.45) is 9.80. The molecular formula is C29H47NO4. The van der Waals surface area contributed by atoms with E-state index in [1.807, 2.05) is 41.5 Å². The second-order valence-corrected chi connectivity index (χ2v) is 7.87. The Morgan fingerprint density at radius 3 is 2.09 bits per heavy atom. The van der Waals surface area contributed by atoms with E-state index in [0.717, 1.165) is 30.1 Å². The average Bonchev–Trinajstić information content (AvgIpc) is 2.91. The zero-order valence-electron chi connectivity index (χ0n) is 22.4. The van der Waals surface area contributed by atoms with Gasteiger partial charge in [-0.25, -0.2) is 0 Å². The number of allylic oxidation sites excluding steroid dienone is 1. The number of carbonyl (C=O) groups excluding carboxylic acids is 3. The lowest BCUT2D eigenvalue weighted by Gasteiger charge is -2.26. The third kappa shape index (κ3) is 9.82. The van der Waals surface area contributed by atoms with E-state index in [1.165, 1.54) is 32.1 Å². The highest BCUT2D eigenvalue weighted by molar-refractivity contribution is 6.25. The predicted octanol–water partition coefficient (Wildman–Crippen LogP) is 7.66. The number of piperidine rings is 1. The Balaban J connectivity index is 0.00000168. The molecule has 0 aromatic heterocycles. The zero-order chi connectivity index (χ0) is 25.9. The van der Waals surface area contributed by atoms with E-state index >= 15 is 0 Å². The summed E-state index contributed by atoms with van der Waals surface area (Å²) < 4.78 is 0. The van der Waals surface area contributed by atoms with Crippen LogP contribution >= 0.6 is 0 Å². The summed E-state index contributed by atoms with van der Waals surface area (Å²) in [5.74, 6) is -0.854. The van der Waals surface area contributed by atoms with Crippen LogP contribution in [-0.4, -0.2) is 34.1 Å². The molecule has 192 valence electrons. The molecule has 2 fully saturated rings. The van der Waals surface area contributed by atoms with Crippen molar-refractivity contribution in [3.63, 3.8) is 0 Å². The molecule has 1 aromatic carbocycles. The number of nitrogens with zero attached hydrogens (tertiary/aromatic N) is 1. The summed E-state index contributed by atoms with van der Waals surface area (Å²) >= 11 is 0. The number of imide groups is 1. The molecule has 2 amide bonds. The minimum absolute atomic E-state index is 0.0594. The number of hydrogen-bond acceptors (Lipinski definition) is 4. The molecule has 0 spiro atoms. The van der Waals surface area contributed by atoms with E-state index in [4.69, 9.17) is 0 Å². The van der Waals surface area contributed by atoms with Gasteiger partial charge in [-0.3, -0.25) is 19.3 Å². The van der Waals surface area contributed by atoms with E-state index in [2.05, 4.69) is 0 Å². The second-order valence-electron chi connectivity index (χ2n) is 7.87. The van der Waals surface area contributed by atoms with Crippen molar-refractivity contribution < 1.29 is 19.5 Å². The number of hydrogen-bond donors (Lipinski definition) is 1. The monoisotopic (exact) mass is 473 g/mol. The topological polar surface area (TPSA) is 74.7 Å². The minimum Gasteiger partial charge on any atom is -0.511 e. The summed E-state index contributed by atoms with van der Waals surface area (Å²) in [4.78, 5) is 38.7. The molecule has 5 nitrogen and oxygen atoms in total. The van der Waals surface area contributed by atoms with Crippen LogP contribution in [0.1, 0.15) is 116 Å². The summed E-state index contributed by atoms with van der Waals surface area (Å²) in [6.45, 7) is 12.1. The molecule has 5 heteroatoms. The fourth-order valence-electron chi connectivity index (χ4n) is 4.24. The predicted molar refractivity (Wildman–Crippen MR) is 141 cm³/mol. The van der Waals surface area contributed by atoms with Gasteiger partial charge in [-0.05, 0) is 24.5 Å². The lowest BCUT2D eigenvalue weighted by molar-refractivity contribution is -0.131.